The van der Waals surface area contributed by atoms with E-state index in [4.69, 9.17) is 8.83 Å². The van der Waals surface area contributed by atoms with E-state index in [0.717, 1.165) is 5.56 Å². The number of aromatic hydroxyl groups is 1. The molecule has 0 fully saturated rings. The maximum atomic E-state index is 12.0. The molecule has 3 aromatic rings. The number of carbonyl (C=O) groups excluding carboxylic acids is 1. The number of aromatic nitrogens is 2. The molecule has 0 bridgehead atoms. The van der Waals surface area contributed by atoms with Crippen molar-refractivity contribution in [3.63, 3.8) is 0 Å². The predicted octanol–water partition coefficient (Wildman–Crippen LogP) is 3.32. The van der Waals surface area contributed by atoms with E-state index in [0.29, 0.717) is 22.4 Å². The molecule has 0 radical (unpaired) electrons. The van der Waals surface area contributed by atoms with E-state index >= 15 is 0 Å². The van der Waals surface area contributed by atoms with Crippen molar-refractivity contribution in [1.82, 2.24) is 10.2 Å². The molecule has 0 unspecified atom stereocenters. The SMILES string of the molecule is Cc1occc1-c1nnc(SCC(=O)c2ccc(O)cc2)o1. The maximum absolute atomic E-state index is 12.0. The highest BCUT2D eigenvalue weighted by Crippen LogP contribution is 2.26. The first-order valence-corrected chi connectivity index (χ1v) is 7.45. The summed E-state index contributed by atoms with van der Waals surface area (Å²) in [4.78, 5) is 12.0. The molecule has 0 spiro atoms. The number of phenolic OH excluding ortho intramolecular Hbond substituents is 1. The summed E-state index contributed by atoms with van der Waals surface area (Å²) < 4.78 is 10.7. The highest BCUT2D eigenvalue weighted by atomic mass is 32.2. The second-order valence-corrected chi connectivity index (χ2v) is 5.45. The van der Waals surface area contributed by atoms with Crippen molar-refractivity contribution >= 4 is 17.5 Å². The minimum absolute atomic E-state index is 0.0794. The molecule has 0 amide bonds. The Hall–Kier alpha value is -2.54. The van der Waals surface area contributed by atoms with Crippen molar-refractivity contribution in [3.8, 4) is 17.2 Å². The number of benzene rings is 1. The molecule has 0 atom stereocenters. The van der Waals surface area contributed by atoms with Gasteiger partial charge in [0.05, 0.1) is 17.6 Å². The van der Waals surface area contributed by atoms with Gasteiger partial charge in [-0.3, -0.25) is 4.79 Å². The van der Waals surface area contributed by atoms with Crippen LogP contribution in [0.5, 0.6) is 5.75 Å². The number of aryl methyl sites for hydroxylation is 1. The molecule has 0 aliphatic heterocycles. The van der Waals surface area contributed by atoms with Crippen LogP contribution in [0.25, 0.3) is 11.5 Å². The number of thioether (sulfide) groups is 1. The molecule has 0 aliphatic carbocycles. The molecule has 6 nitrogen and oxygen atoms in total. The van der Waals surface area contributed by atoms with Gasteiger partial charge in [0.2, 0.25) is 0 Å². The summed E-state index contributed by atoms with van der Waals surface area (Å²) in [7, 11) is 0. The Morgan fingerprint density at radius 2 is 2.00 bits per heavy atom. The Bertz CT molecular complexity index is 792. The Balaban J connectivity index is 1.65. The Morgan fingerprint density at radius 1 is 1.23 bits per heavy atom. The number of hydrogen-bond acceptors (Lipinski definition) is 7. The van der Waals surface area contributed by atoms with Crippen LogP contribution in [0.15, 0.2) is 50.7 Å². The van der Waals surface area contributed by atoms with E-state index in [-0.39, 0.29) is 17.3 Å². The number of rotatable bonds is 5. The van der Waals surface area contributed by atoms with Gasteiger partial charge in [-0.05, 0) is 37.3 Å². The summed E-state index contributed by atoms with van der Waals surface area (Å²) in [6, 6.07) is 7.85. The van der Waals surface area contributed by atoms with Crippen molar-refractivity contribution < 1.29 is 18.7 Å². The third kappa shape index (κ3) is 3.04. The van der Waals surface area contributed by atoms with Crippen LogP contribution in [0, 0.1) is 6.92 Å². The fourth-order valence-corrected chi connectivity index (χ4v) is 2.50. The van der Waals surface area contributed by atoms with E-state index in [1.165, 1.54) is 23.9 Å². The fraction of sp³-hybridized carbons (Fsp3) is 0.133. The van der Waals surface area contributed by atoms with Crippen LogP contribution < -0.4 is 0 Å². The summed E-state index contributed by atoms with van der Waals surface area (Å²) in [6.07, 6.45) is 1.55. The smallest absolute Gasteiger partial charge is 0.277 e. The Kier molecular flexibility index (Phi) is 3.97. The minimum Gasteiger partial charge on any atom is -0.508 e. The normalized spacial score (nSPS) is 10.8. The molecular formula is C15H12N2O4S. The lowest BCUT2D eigenvalue weighted by atomic mass is 10.1. The minimum atomic E-state index is -0.0794. The maximum Gasteiger partial charge on any atom is 0.277 e. The van der Waals surface area contributed by atoms with Gasteiger partial charge in [-0.1, -0.05) is 11.8 Å². The number of nitrogens with zero attached hydrogens (tertiary/aromatic N) is 2. The van der Waals surface area contributed by atoms with Gasteiger partial charge < -0.3 is 13.9 Å². The van der Waals surface area contributed by atoms with Crippen LogP contribution in [0.1, 0.15) is 16.1 Å². The standard InChI is InChI=1S/C15H12N2O4S/c1-9-12(6-7-20-9)14-16-17-15(21-14)22-8-13(19)10-2-4-11(18)5-3-10/h2-7,18H,8H2,1H3. The van der Waals surface area contributed by atoms with Crippen LogP contribution in [0.4, 0.5) is 0 Å². The van der Waals surface area contributed by atoms with Crippen LogP contribution in [0.2, 0.25) is 0 Å². The molecule has 0 saturated heterocycles. The van der Waals surface area contributed by atoms with Gasteiger partial charge in [-0.2, -0.15) is 0 Å². The number of carbonyl (C=O) groups is 1. The third-order valence-corrected chi connectivity index (χ3v) is 3.83. The predicted molar refractivity (Wildman–Crippen MR) is 79.9 cm³/mol. The highest BCUT2D eigenvalue weighted by Gasteiger charge is 2.15. The zero-order chi connectivity index (χ0) is 15.5. The Morgan fingerprint density at radius 3 is 2.68 bits per heavy atom. The van der Waals surface area contributed by atoms with Gasteiger partial charge >= 0.3 is 0 Å². The molecule has 0 aliphatic rings. The lowest BCUT2D eigenvalue weighted by Gasteiger charge is -1.99. The van der Waals surface area contributed by atoms with E-state index in [9.17, 15) is 9.90 Å². The van der Waals surface area contributed by atoms with Crippen LogP contribution >= 0.6 is 11.8 Å². The number of hydrogen-bond donors (Lipinski definition) is 1. The van der Waals surface area contributed by atoms with Crippen molar-refractivity contribution in [3.05, 3.63) is 47.9 Å². The third-order valence-electron chi connectivity index (χ3n) is 3.01. The highest BCUT2D eigenvalue weighted by molar-refractivity contribution is 7.99. The van der Waals surface area contributed by atoms with E-state index in [2.05, 4.69) is 10.2 Å². The van der Waals surface area contributed by atoms with Crippen molar-refractivity contribution in [1.29, 1.82) is 0 Å². The van der Waals surface area contributed by atoms with Gasteiger partial charge in [0, 0.05) is 5.56 Å². The summed E-state index contributed by atoms with van der Waals surface area (Å²) in [5.74, 6) is 1.29. The first kappa shape index (κ1) is 14.4. The lowest BCUT2D eigenvalue weighted by molar-refractivity contribution is 0.102. The first-order chi connectivity index (χ1) is 10.6. The van der Waals surface area contributed by atoms with Crippen molar-refractivity contribution in [2.45, 2.75) is 12.1 Å². The first-order valence-electron chi connectivity index (χ1n) is 6.46. The van der Waals surface area contributed by atoms with Crippen LogP contribution in [0.3, 0.4) is 0 Å². The van der Waals surface area contributed by atoms with Crippen LogP contribution in [-0.4, -0.2) is 26.8 Å². The van der Waals surface area contributed by atoms with E-state index in [1.54, 1.807) is 31.4 Å². The average molecular weight is 316 g/mol. The fourth-order valence-electron chi connectivity index (χ4n) is 1.84. The van der Waals surface area contributed by atoms with E-state index < -0.39 is 0 Å². The lowest BCUT2D eigenvalue weighted by Crippen LogP contribution is -2.01. The van der Waals surface area contributed by atoms with Crippen molar-refractivity contribution in [2.75, 3.05) is 5.75 Å². The molecule has 22 heavy (non-hydrogen) atoms. The van der Waals surface area contributed by atoms with Crippen molar-refractivity contribution in [2.24, 2.45) is 0 Å². The van der Waals surface area contributed by atoms with Gasteiger partial charge in [0.1, 0.15) is 11.5 Å². The topological polar surface area (TPSA) is 89.4 Å². The van der Waals surface area contributed by atoms with Gasteiger partial charge in [-0.15, -0.1) is 10.2 Å². The zero-order valence-electron chi connectivity index (χ0n) is 11.6. The summed E-state index contributed by atoms with van der Waals surface area (Å²) in [6.45, 7) is 1.81. The largest absolute Gasteiger partial charge is 0.508 e. The second-order valence-electron chi connectivity index (χ2n) is 4.52. The van der Waals surface area contributed by atoms with Gasteiger partial charge in [0.25, 0.3) is 11.1 Å². The number of furan rings is 1. The zero-order valence-corrected chi connectivity index (χ0v) is 12.5. The molecule has 1 aromatic carbocycles. The summed E-state index contributed by atoms with van der Waals surface area (Å²) in [5.41, 5.74) is 1.26. The van der Waals surface area contributed by atoms with Gasteiger partial charge in [-0.25, -0.2) is 0 Å². The Labute approximate surface area is 130 Å². The molecular weight excluding hydrogens is 304 g/mol. The molecule has 0 saturated carbocycles. The second kappa shape index (κ2) is 6.07. The molecule has 112 valence electrons. The average Bonchev–Trinajstić information content (AvgIpc) is 3.14. The van der Waals surface area contributed by atoms with Crippen LogP contribution in [-0.2, 0) is 0 Å². The number of Topliss-reactive ketones (excluding diaryl/α,β-unsaturated/α-hetero) is 1. The summed E-state index contributed by atoms with van der Waals surface area (Å²) in [5, 5.41) is 17.4. The molecule has 1 N–H and O–H groups in total. The number of ketones is 1. The van der Waals surface area contributed by atoms with E-state index in [1.807, 2.05) is 0 Å². The molecule has 7 heteroatoms. The molecule has 3 rings (SSSR count). The number of phenols is 1. The molecule has 2 aromatic heterocycles. The monoisotopic (exact) mass is 316 g/mol. The molecule has 2 heterocycles. The van der Waals surface area contributed by atoms with Gasteiger partial charge in [0.15, 0.2) is 5.78 Å². The summed E-state index contributed by atoms with van der Waals surface area (Å²) >= 11 is 1.17. The quantitative estimate of drug-likeness (QED) is 0.570.